The van der Waals surface area contributed by atoms with E-state index in [4.69, 9.17) is 21.7 Å². The van der Waals surface area contributed by atoms with Gasteiger partial charge in [0.25, 0.3) is 0 Å². The highest BCUT2D eigenvalue weighted by molar-refractivity contribution is 7.80. The van der Waals surface area contributed by atoms with Crippen LogP contribution in [-0.2, 0) is 6.54 Å². The number of hydrogen-bond donors (Lipinski definition) is 2. The maximum atomic E-state index is 5.71. The van der Waals surface area contributed by atoms with Crippen molar-refractivity contribution in [3.05, 3.63) is 23.8 Å². The first-order valence-corrected chi connectivity index (χ1v) is 10.4. The second-order valence-electron chi connectivity index (χ2n) is 7.92. The molecule has 1 aliphatic carbocycles. The largest absolute Gasteiger partial charge is 0.454 e. The van der Waals surface area contributed by atoms with Crippen LogP contribution in [0.4, 0.5) is 0 Å². The van der Waals surface area contributed by atoms with Gasteiger partial charge in [-0.1, -0.05) is 19.8 Å². The monoisotopic (exact) mass is 376 g/mol. The predicted molar refractivity (Wildman–Crippen MR) is 106 cm³/mol. The Hall–Kier alpha value is -1.53. The van der Waals surface area contributed by atoms with Crippen molar-refractivity contribution in [2.45, 2.75) is 45.2 Å². The zero-order valence-corrected chi connectivity index (χ0v) is 16.4. The smallest absolute Gasteiger partial charge is 0.231 e. The van der Waals surface area contributed by atoms with Crippen LogP contribution >= 0.6 is 12.2 Å². The molecular weight excluding hydrogens is 346 g/mol. The molecule has 0 amide bonds. The first kappa shape index (κ1) is 17.9. The summed E-state index contributed by atoms with van der Waals surface area (Å²) in [7, 11) is 0. The number of piperazine rings is 1. The van der Waals surface area contributed by atoms with Crippen molar-refractivity contribution in [3.8, 4) is 11.5 Å². The minimum absolute atomic E-state index is 0.342. The second-order valence-corrected chi connectivity index (χ2v) is 8.31. The van der Waals surface area contributed by atoms with Gasteiger partial charge >= 0.3 is 0 Å². The maximum absolute atomic E-state index is 5.71. The van der Waals surface area contributed by atoms with E-state index in [1.165, 1.54) is 31.2 Å². The van der Waals surface area contributed by atoms with Crippen LogP contribution in [0, 0.1) is 5.92 Å². The van der Waals surface area contributed by atoms with E-state index in [9.17, 15) is 0 Å². The summed E-state index contributed by atoms with van der Waals surface area (Å²) >= 11 is 5.71. The Balaban J connectivity index is 1.25. The van der Waals surface area contributed by atoms with E-state index in [2.05, 4.69) is 29.3 Å². The fourth-order valence-corrected chi connectivity index (χ4v) is 4.66. The van der Waals surface area contributed by atoms with Gasteiger partial charge < -0.3 is 24.6 Å². The van der Waals surface area contributed by atoms with E-state index in [1.54, 1.807) is 4.90 Å². The Kier molecular flexibility index (Phi) is 5.50. The third kappa shape index (κ3) is 4.07. The summed E-state index contributed by atoms with van der Waals surface area (Å²) < 4.78 is 10.9. The molecule has 2 atom stereocenters. The van der Waals surface area contributed by atoms with Crippen molar-refractivity contribution < 1.29 is 14.4 Å². The van der Waals surface area contributed by atoms with Gasteiger partial charge in [0.05, 0.1) is 26.2 Å². The molecule has 2 fully saturated rings. The zero-order valence-electron chi connectivity index (χ0n) is 15.6. The molecule has 2 N–H and O–H groups in total. The van der Waals surface area contributed by atoms with Crippen LogP contribution in [0.2, 0.25) is 0 Å². The van der Waals surface area contributed by atoms with Gasteiger partial charge in [-0.2, -0.15) is 0 Å². The Morgan fingerprint density at radius 3 is 2.77 bits per heavy atom. The average molecular weight is 377 g/mol. The van der Waals surface area contributed by atoms with Crippen LogP contribution in [0.5, 0.6) is 11.5 Å². The molecule has 0 radical (unpaired) electrons. The van der Waals surface area contributed by atoms with Crippen LogP contribution in [0.15, 0.2) is 18.2 Å². The molecule has 0 aromatic heterocycles. The summed E-state index contributed by atoms with van der Waals surface area (Å²) in [6.45, 7) is 8.04. The lowest BCUT2D eigenvalue weighted by Crippen LogP contribution is -3.13. The van der Waals surface area contributed by atoms with Crippen molar-refractivity contribution >= 4 is 17.3 Å². The number of nitrogens with zero attached hydrogens (tertiary/aromatic N) is 1. The first-order chi connectivity index (χ1) is 12.7. The molecule has 1 aromatic carbocycles. The standard InChI is InChI=1S/C20H29N3O2S/c1-15-4-2-3-5-17(15)21-20(26)23-10-8-22(9-11-23)13-16-6-7-18-19(12-16)25-14-24-18/h6-7,12,15,17H,2-5,8-11,13-14H2,1H3,(H,21,26)/p+1/t15-,17+/m0/s1. The van der Waals surface area contributed by atoms with Gasteiger partial charge in [-0.15, -0.1) is 0 Å². The molecular formula is C20H30N3O2S+. The number of benzene rings is 1. The predicted octanol–water partition coefficient (Wildman–Crippen LogP) is 1.57. The quantitative estimate of drug-likeness (QED) is 0.784. The summed E-state index contributed by atoms with van der Waals surface area (Å²) in [4.78, 5) is 3.97. The molecule has 4 rings (SSSR count). The minimum atomic E-state index is 0.342. The highest BCUT2D eigenvalue weighted by Crippen LogP contribution is 2.32. The number of hydrogen-bond acceptors (Lipinski definition) is 3. The molecule has 3 aliphatic rings. The molecule has 0 spiro atoms. The van der Waals surface area contributed by atoms with E-state index < -0.39 is 0 Å². The van der Waals surface area contributed by atoms with Crippen LogP contribution in [0.1, 0.15) is 38.2 Å². The van der Waals surface area contributed by atoms with Gasteiger partial charge in [-0.3, -0.25) is 0 Å². The first-order valence-electron chi connectivity index (χ1n) is 9.96. The number of rotatable bonds is 3. The van der Waals surface area contributed by atoms with E-state index in [0.717, 1.165) is 55.3 Å². The molecule has 1 saturated carbocycles. The fourth-order valence-electron chi connectivity index (χ4n) is 4.32. The van der Waals surface area contributed by atoms with E-state index in [1.807, 2.05) is 6.07 Å². The topological polar surface area (TPSA) is 38.2 Å². The average Bonchev–Trinajstić information content (AvgIpc) is 3.12. The maximum Gasteiger partial charge on any atom is 0.231 e. The SMILES string of the molecule is C[C@H]1CCCC[C@H]1NC(=S)N1CC[NH+](Cc2ccc3c(c2)OCO3)CC1. The normalized spacial score (nSPS) is 26.0. The number of nitrogens with one attached hydrogen (secondary N) is 2. The number of fused-ring (bicyclic) bond motifs is 1. The van der Waals surface area contributed by atoms with Gasteiger partial charge in [-0.25, -0.2) is 0 Å². The lowest BCUT2D eigenvalue weighted by Gasteiger charge is -2.37. The van der Waals surface area contributed by atoms with Crippen LogP contribution in [0.3, 0.4) is 0 Å². The molecule has 1 saturated heterocycles. The number of thiocarbonyl (C=S) groups is 1. The molecule has 1 aromatic rings. The Bertz CT molecular complexity index is 646. The van der Waals surface area contributed by atoms with Gasteiger partial charge in [0, 0.05) is 11.6 Å². The zero-order chi connectivity index (χ0) is 17.9. The molecule has 6 heteroatoms. The van der Waals surface area contributed by atoms with Crippen molar-refractivity contribution in [2.75, 3.05) is 33.0 Å². The Morgan fingerprint density at radius 1 is 1.19 bits per heavy atom. The molecule has 0 bridgehead atoms. The van der Waals surface area contributed by atoms with Gasteiger partial charge in [0.1, 0.15) is 6.54 Å². The van der Waals surface area contributed by atoms with Crippen LogP contribution in [0.25, 0.3) is 0 Å². The number of quaternary nitrogens is 1. The van der Waals surface area contributed by atoms with Crippen LogP contribution in [-0.4, -0.2) is 49.0 Å². The molecule has 0 unspecified atom stereocenters. The van der Waals surface area contributed by atoms with Gasteiger partial charge in [-0.05, 0) is 49.2 Å². The van der Waals surface area contributed by atoms with Crippen molar-refractivity contribution in [1.29, 1.82) is 0 Å². The van der Waals surface area contributed by atoms with E-state index >= 15 is 0 Å². The van der Waals surface area contributed by atoms with Crippen LogP contribution < -0.4 is 19.7 Å². The Labute approximate surface area is 161 Å². The second kappa shape index (κ2) is 8.01. The van der Waals surface area contributed by atoms with E-state index in [-0.39, 0.29) is 0 Å². The summed E-state index contributed by atoms with van der Waals surface area (Å²) in [5.41, 5.74) is 1.31. The summed E-state index contributed by atoms with van der Waals surface area (Å²) in [6.07, 6.45) is 5.29. The van der Waals surface area contributed by atoms with E-state index in [0.29, 0.717) is 12.8 Å². The molecule has 5 nitrogen and oxygen atoms in total. The number of ether oxygens (including phenoxy) is 2. The lowest BCUT2D eigenvalue weighted by molar-refractivity contribution is -0.917. The summed E-state index contributed by atoms with van der Waals surface area (Å²) in [5.74, 6) is 2.48. The molecule has 26 heavy (non-hydrogen) atoms. The van der Waals surface area contributed by atoms with Crippen molar-refractivity contribution in [1.82, 2.24) is 10.2 Å². The minimum Gasteiger partial charge on any atom is -0.454 e. The van der Waals surface area contributed by atoms with Gasteiger partial charge in [0.2, 0.25) is 6.79 Å². The van der Waals surface area contributed by atoms with Gasteiger partial charge in [0.15, 0.2) is 16.6 Å². The fraction of sp³-hybridized carbons (Fsp3) is 0.650. The van der Waals surface area contributed by atoms with Crippen molar-refractivity contribution in [2.24, 2.45) is 5.92 Å². The highest BCUT2D eigenvalue weighted by atomic mass is 32.1. The molecule has 142 valence electrons. The third-order valence-corrected chi connectivity index (χ3v) is 6.45. The Morgan fingerprint density at radius 2 is 1.96 bits per heavy atom. The third-order valence-electron chi connectivity index (χ3n) is 6.07. The molecule has 2 aliphatic heterocycles. The molecule has 2 heterocycles. The summed E-state index contributed by atoms with van der Waals surface area (Å²) in [5, 5.41) is 4.61. The highest BCUT2D eigenvalue weighted by Gasteiger charge is 2.26. The van der Waals surface area contributed by atoms with Crippen molar-refractivity contribution in [3.63, 3.8) is 0 Å². The summed E-state index contributed by atoms with van der Waals surface area (Å²) in [6, 6.07) is 6.87. The lowest BCUT2D eigenvalue weighted by atomic mass is 9.86.